The van der Waals surface area contributed by atoms with Crippen molar-refractivity contribution in [3.05, 3.63) is 76.9 Å². The van der Waals surface area contributed by atoms with Crippen LogP contribution >= 0.6 is 0 Å². The molecule has 2 aromatic carbocycles. The van der Waals surface area contributed by atoms with E-state index in [0.29, 0.717) is 37.3 Å². The molecule has 29 heavy (non-hydrogen) atoms. The Morgan fingerprint density at radius 1 is 0.862 bits per heavy atom. The van der Waals surface area contributed by atoms with Gasteiger partial charge in [-0.15, -0.1) is 0 Å². The topological polar surface area (TPSA) is 69.7 Å². The zero-order valence-corrected chi connectivity index (χ0v) is 15.9. The van der Waals surface area contributed by atoms with Gasteiger partial charge in [0.05, 0.1) is 0 Å². The van der Waals surface area contributed by atoms with Crippen molar-refractivity contribution in [1.29, 1.82) is 0 Å². The second-order valence-corrected chi connectivity index (χ2v) is 7.06. The molecular weight excluding hydrogens is 373 g/mol. The standard InChI is InChI=1S/C22H20FN3O3/c1-14(27)24-19-20(22(29)18-5-3-2-4-17(18)21(19)28)26-12-10-25(11-13-26)16-8-6-15(23)7-9-16/h2-9H,10-13H2,1H3,(H,24,27). The summed E-state index contributed by atoms with van der Waals surface area (Å²) in [6.45, 7) is 3.51. The Balaban J connectivity index is 1.63. The van der Waals surface area contributed by atoms with E-state index >= 15 is 0 Å². The van der Waals surface area contributed by atoms with Crippen LogP contribution in [0, 0.1) is 5.82 Å². The van der Waals surface area contributed by atoms with Crippen molar-refractivity contribution in [2.75, 3.05) is 31.1 Å². The number of nitrogens with zero attached hydrogens (tertiary/aromatic N) is 2. The number of fused-ring (bicyclic) bond motifs is 1. The molecule has 148 valence electrons. The fourth-order valence-corrected chi connectivity index (χ4v) is 3.80. The number of hydrogen-bond acceptors (Lipinski definition) is 5. The lowest BCUT2D eigenvalue weighted by molar-refractivity contribution is -0.118. The smallest absolute Gasteiger partial charge is 0.221 e. The average molecular weight is 393 g/mol. The van der Waals surface area contributed by atoms with Gasteiger partial charge in [-0.25, -0.2) is 4.39 Å². The number of carbonyl (C=O) groups is 3. The largest absolute Gasteiger partial charge is 0.368 e. The van der Waals surface area contributed by atoms with Gasteiger partial charge < -0.3 is 15.1 Å². The Morgan fingerprint density at radius 2 is 1.41 bits per heavy atom. The Kier molecular flexibility index (Phi) is 4.88. The molecule has 7 heteroatoms. The summed E-state index contributed by atoms with van der Waals surface area (Å²) in [6, 6.07) is 12.9. The van der Waals surface area contributed by atoms with Crippen LogP contribution in [0.15, 0.2) is 59.9 Å². The summed E-state index contributed by atoms with van der Waals surface area (Å²) >= 11 is 0. The van der Waals surface area contributed by atoms with Crippen molar-refractivity contribution in [1.82, 2.24) is 10.2 Å². The Hall–Kier alpha value is -3.48. The zero-order chi connectivity index (χ0) is 20.5. The van der Waals surface area contributed by atoms with E-state index in [-0.39, 0.29) is 28.8 Å². The molecule has 2 aromatic rings. The van der Waals surface area contributed by atoms with Gasteiger partial charge in [0.15, 0.2) is 0 Å². The number of ketones is 2. The van der Waals surface area contributed by atoms with E-state index in [1.54, 1.807) is 36.4 Å². The third-order valence-corrected chi connectivity index (χ3v) is 5.18. The number of carbonyl (C=O) groups excluding carboxylic acids is 3. The number of anilines is 1. The minimum absolute atomic E-state index is 0.0384. The predicted molar refractivity (Wildman–Crippen MR) is 106 cm³/mol. The first-order valence-electron chi connectivity index (χ1n) is 9.41. The van der Waals surface area contributed by atoms with E-state index in [4.69, 9.17) is 0 Å². The number of amides is 1. The van der Waals surface area contributed by atoms with E-state index in [1.807, 2.05) is 4.90 Å². The molecule has 6 nitrogen and oxygen atoms in total. The SMILES string of the molecule is CC(=O)NC1=C(N2CCN(c3ccc(F)cc3)CC2)C(=O)c2ccccc2C1=O. The van der Waals surface area contributed by atoms with E-state index in [0.717, 1.165) is 5.69 Å². The van der Waals surface area contributed by atoms with Gasteiger partial charge in [-0.05, 0) is 24.3 Å². The lowest BCUT2D eigenvalue weighted by Gasteiger charge is -2.39. The van der Waals surface area contributed by atoms with Crippen LogP contribution in [0.1, 0.15) is 27.6 Å². The summed E-state index contributed by atoms with van der Waals surface area (Å²) in [5.74, 6) is -1.31. The molecule has 0 saturated carbocycles. The molecule has 0 bridgehead atoms. The molecule has 0 spiro atoms. The van der Waals surface area contributed by atoms with E-state index in [1.165, 1.54) is 19.1 Å². The molecule has 4 rings (SSSR count). The highest BCUT2D eigenvalue weighted by Crippen LogP contribution is 2.28. The number of allylic oxidation sites excluding steroid dienone is 2. The normalized spacial score (nSPS) is 16.8. The highest BCUT2D eigenvalue weighted by Gasteiger charge is 2.36. The van der Waals surface area contributed by atoms with Crippen LogP contribution in [0.25, 0.3) is 0 Å². The Bertz CT molecular complexity index is 1020. The zero-order valence-electron chi connectivity index (χ0n) is 15.9. The molecule has 0 atom stereocenters. The number of halogens is 1. The monoisotopic (exact) mass is 393 g/mol. The fraction of sp³-hybridized carbons (Fsp3) is 0.227. The van der Waals surface area contributed by atoms with Crippen LogP contribution in [-0.4, -0.2) is 48.6 Å². The van der Waals surface area contributed by atoms with Crippen LogP contribution in [0.4, 0.5) is 10.1 Å². The van der Waals surface area contributed by atoms with Gasteiger partial charge in [-0.2, -0.15) is 0 Å². The lowest BCUT2D eigenvalue weighted by atomic mass is 9.89. The first-order chi connectivity index (χ1) is 14.0. The summed E-state index contributed by atoms with van der Waals surface area (Å²) in [7, 11) is 0. The van der Waals surface area contributed by atoms with Crippen LogP contribution in [0.3, 0.4) is 0 Å². The molecule has 2 aliphatic rings. The molecular formula is C22H20FN3O3. The highest BCUT2D eigenvalue weighted by atomic mass is 19.1. The quantitative estimate of drug-likeness (QED) is 0.867. The van der Waals surface area contributed by atoms with E-state index in [9.17, 15) is 18.8 Å². The number of rotatable bonds is 3. The molecule has 0 aromatic heterocycles. The predicted octanol–water partition coefficient (Wildman–Crippen LogP) is 2.37. The second kappa shape index (κ2) is 7.50. The number of Topliss-reactive ketones (excluding diaryl/α,β-unsaturated/α-hetero) is 2. The summed E-state index contributed by atoms with van der Waals surface area (Å²) in [6.07, 6.45) is 0. The third-order valence-electron chi connectivity index (χ3n) is 5.18. The van der Waals surface area contributed by atoms with Crippen molar-refractivity contribution in [3.8, 4) is 0 Å². The molecule has 1 heterocycles. The van der Waals surface area contributed by atoms with E-state index < -0.39 is 5.91 Å². The Morgan fingerprint density at radius 3 is 2.00 bits per heavy atom. The summed E-state index contributed by atoms with van der Waals surface area (Å²) < 4.78 is 13.2. The fourth-order valence-electron chi connectivity index (χ4n) is 3.80. The molecule has 1 saturated heterocycles. The van der Waals surface area contributed by atoms with Crippen molar-refractivity contribution in [2.45, 2.75) is 6.92 Å². The van der Waals surface area contributed by atoms with Crippen molar-refractivity contribution < 1.29 is 18.8 Å². The van der Waals surface area contributed by atoms with Gasteiger partial charge in [0.2, 0.25) is 17.5 Å². The van der Waals surface area contributed by atoms with Gasteiger partial charge in [0.25, 0.3) is 0 Å². The van der Waals surface area contributed by atoms with Crippen molar-refractivity contribution in [3.63, 3.8) is 0 Å². The lowest BCUT2D eigenvalue weighted by Crippen LogP contribution is -2.49. The minimum atomic E-state index is -0.400. The summed E-state index contributed by atoms with van der Waals surface area (Å²) in [4.78, 5) is 41.8. The number of piperazine rings is 1. The first-order valence-corrected chi connectivity index (χ1v) is 9.41. The molecule has 0 radical (unpaired) electrons. The first kappa shape index (κ1) is 18.9. The molecule has 1 fully saturated rings. The maximum atomic E-state index is 13.2. The summed E-state index contributed by atoms with van der Waals surface area (Å²) in [5.41, 5.74) is 1.83. The van der Waals surface area contributed by atoms with Crippen LogP contribution in [0.2, 0.25) is 0 Å². The van der Waals surface area contributed by atoms with Gasteiger partial charge in [-0.1, -0.05) is 24.3 Å². The molecule has 1 amide bonds. The van der Waals surface area contributed by atoms with Crippen LogP contribution < -0.4 is 10.2 Å². The third kappa shape index (κ3) is 3.51. The van der Waals surface area contributed by atoms with Crippen molar-refractivity contribution >= 4 is 23.2 Å². The highest BCUT2D eigenvalue weighted by molar-refractivity contribution is 6.27. The molecule has 1 aliphatic heterocycles. The van der Waals surface area contributed by atoms with Gasteiger partial charge in [0.1, 0.15) is 17.2 Å². The van der Waals surface area contributed by atoms with E-state index in [2.05, 4.69) is 10.2 Å². The Labute approximate surface area is 167 Å². The number of nitrogens with one attached hydrogen (secondary N) is 1. The number of benzene rings is 2. The molecule has 1 N–H and O–H groups in total. The molecule has 1 aliphatic carbocycles. The average Bonchev–Trinajstić information content (AvgIpc) is 2.73. The molecule has 0 unspecified atom stereocenters. The minimum Gasteiger partial charge on any atom is -0.368 e. The second-order valence-electron chi connectivity index (χ2n) is 7.06. The van der Waals surface area contributed by atoms with Gasteiger partial charge >= 0.3 is 0 Å². The van der Waals surface area contributed by atoms with Crippen LogP contribution in [0.5, 0.6) is 0 Å². The van der Waals surface area contributed by atoms with Gasteiger partial charge in [-0.3, -0.25) is 14.4 Å². The maximum absolute atomic E-state index is 13.2. The van der Waals surface area contributed by atoms with Crippen LogP contribution in [-0.2, 0) is 4.79 Å². The summed E-state index contributed by atoms with van der Waals surface area (Å²) in [5, 5.41) is 2.57. The maximum Gasteiger partial charge on any atom is 0.221 e. The number of hydrogen-bond donors (Lipinski definition) is 1. The van der Waals surface area contributed by atoms with Crippen molar-refractivity contribution in [2.24, 2.45) is 0 Å². The van der Waals surface area contributed by atoms with Gasteiger partial charge in [0, 0.05) is 49.9 Å².